The van der Waals surface area contributed by atoms with Crippen molar-refractivity contribution in [1.82, 2.24) is 15.3 Å². The average molecular weight is 347 g/mol. The second kappa shape index (κ2) is 7.55. The third-order valence-corrected chi connectivity index (χ3v) is 3.22. The normalized spacial score (nSPS) is 15.2. The Hall–Kier alpha value is -1.94. The van der Waals surface area contributed by atoms with Gasteiger partial charge >= 0.3 is 6.18 Å². The molecular weight excluding hydrogens is 331 g/mol. The first-order chi connectivity index (χ1) is 10.9. The molecule has 1 fully saturated rings. The van der Waals surface area contributed by atoms with Crippen molar-refractivity contribution in [3.05, 3.63) is 24.4 Å². The maximum Gasteiger partial charge on any atom is 0.433 e. The van der Waals surface area contributed by atoms with Crippen LogP contribution in [-0.2, 0) is 10.9 Å². The standard InChI is InChI=1S/C13H16F3N5OS/c1-2-3-17-12(23)20-11-18-9(13(14,15)16)8-10(19-11)21-4-6-22-7-5-21/h2,8H,1,3-7H2,(H2,17,18,19,20,23). The van der Waals surface area contributed by atoms with Crippen LogP contribution in [-0.4, -0.2) is 47.9 Å². The van der Waals surface area contributed by atoms with Crippen molar-refractivity contribution >= 4 is 29.1 Å². The molecule has 1 saturated heterocycles. The van der Waals surface area contributed by atoms with Crippen LogP contribution in [0, 0.1) is 0 Å². The van der Waals surface area contributed by atoms with Gasteiger partial charge < -0.3 is 20.3 Å². The summed E-state index contributed by atoms with van der Waals surface area (Å²) in [5.74, 6) is -0.0208. The third-order valence-electron chi connectivity index (χ3n) is 2.97. The number of aromatic nitrogens is 2. The van der Waals surface area contributed by atoms with E-state index in [-0.39, 0.29) is 16.9 Å². The minimum atomic E-state index is -4.57. The van der Waals surface area contributed by atoms with Crippen molar-refractivity contribution in [2.45, 2.75) is 6.18 Å². The van der Waals surface area contributed by atoms with Crippen molar-refractivity contribution < 1.29 is 17.9 Å². The van der Waals surface area contributed by atoms with Crippen LogP contribution in [0.1, 0.15) is 5.69 Å². The number of hydrogen-bond donors (Lipinski definition) is 2. The Balaban J connectivity index is 2.25. The van der Waals surface area contributed by atoms with Crippen LogP contribution >= 0.6 is 12.2 Å². The van der Waals surface area contributed by atoms with E-state index in [9.17, 15) is 13.2 Å². The summed E-state index contributed by atoms with van der Waals surface area (Å²) in [6, 6.07) is 0.927. The molecule has 0 unspecified atom stereocenters. The van der Waals surface area contributed by atoms with Gasteiger partial charge in [0.25, 0.3) is 0 Å². The van der Waals surface area contributed by atoms with Gasteiger partial charge in [0.1, 0.15) is 5.82 Å². The molecule has 0 amide bonds. The molecule has 0 spiro atoms. The zero-order valence-corrected chi connectivity index (χ0v) is 13.0. The number of morpholine rings is 1. The Morgan fingerprint density at radius 1 is 1.39 bits per heavy atom. The van der Waals surface area contributed by atoms with E-state index >= 15 is 0 Å². The molecule has 0 aliphatic carbocycles. The predicted molar refractivity (Wildman–Crippen MR) is 84.5 cm³/mol. The highest BCUT2D eigenvalue weighted by Crippen LogP contribution is 2.30. The number of anilines is 2. The van der Waals surface area contributed by atoms with Gasteiger partial charge in [-0.15, -0.1) is 6.58 Å². The SMILES string of the molecule is C=CCNC(=S)Nc1nc(N2CCOCC2)cc(C(F)(F)F)n1. The van der Waals surface area contributed by atoms with Crippen LogP contribution in [0.3, 0.4) is 0 Å². The zero-order chi connectivity index (χ0) is 16.9. The van der Waals surface area contributed by atoms with Gasteiger partial charge in [-0.05, 0) is 12.2 Å². The second-order valence-electron chi connectivity index (χ2n) is 4.66. The maximum absolute atomic E-state index is 13.0. The molecule has 1 aromatic heterocycles. The minimum absolute atomic E-state index is 0.122. The van der Waals surface area contributed by atoms with Gasteiger partial charge in [-0.1, -0.05) is 6.08 Å². The second-order valence-corrected chi connectivity index (χ2v) is 5.06. The van der Waals surface area contributed by atoms with Gasteiger partial charge in [0.15, 0.2) is 10.8 Å². The molecule has 0 atom stereocenters. The summed E-state index contributed by atoms with van der Waals surface area (Å²) in [7, 11) is 0. The van der Waals surface area contributed by atoms with Crippen molar-refractivity contribution in [3.8, 4) is 0 Å². The maximum atomic E-state index is 13.0. The van der Waals surface area contributed by atoms with E-state index in [4.69, 9.17) is 17.0 Å². The Kier molecular flexibility index (Phi) is 5.72. The summed E-state index contributed by atoms with van der Waals surface area (Å²) in [5, 5.41) is 5.43. The Bertz CT molecular complexity index is 575. The summed E-state index contributed by atoms with van der Waals surface area (Å²) in [6.45, 7) is 5.70. The lowest BCUT2D eigenvalue weighted by Gasteiger charge is -2.28. The largest absolute Gasteiger partial charge is 0.433 e. The van der Waals surface area contributed by atoms with Gasteiger partial charge in [0.05, 0.1) is 13.2 Å². The molecule has 23 heavy (non-hydrogen) atoms. The van der Waals surface area contributed by atoms with Crippen LogP contribution in [0.25, 0.3) is 0 Å². The Morgan fingerprint density at radius 3 is 2.70 bits per heavy atom. The van der Waals surface area contributed by atoms with E-state index in [1.165, 1.54) is 0 Å². The summed E-state index contributed by atoms with van der Waals surface area (Å²) < 4.78 is 44.3. The number of thiocarbonyl (C=S) groups is 1. The number of halogens is 3. The topological polar surface area (TPSA) is 62.3 Å². The Morgan fingerprint density at radius 2 is 2.09 bits per heavy atom. The van der Waals surface area contributed by atoms with Crippen LogP contribution in [0.2, 0.25) is 0 Å². The number of nitrogens with one attached hydrogen (secondary N) is 2. The summed E-state index contributed by atoms with van der Waals surface area (Å²) >= 11 is 4.97. The molecule has 10 heteroatoms. The van der Waals surface area contributed by atoms with Crippen molar-refractivity contribution in [1.29, 1.82) is 0 Å². The smallest absolute Gasteiger partial charge is 0.378 e. The first-order valence-electron chi connectivity index (χ1n) is 6.85. The van der Waals surface area contributed by atoms with Gasteiger partial charge in [-0.3, -0.25) is 0 Å². The molecule has 0 bridgehead atoms. The van der Waals surface area contributed by atoms with Crippen LogP contribution in [0.4, 0.5) is 24.9 Å². The first kappa shape index (κ1) is 17.4. The summed E-state index contributed by atoms with van der Waals surface area (Å²) in [5.41, 5.74) is -1.02. The number of ether oxygens (including phenoxy) is 1. The molecule has 2 rings (SSSR count). The molecule has 6 nitrogen and oxygen atoms in total. The quantitative estimate of drug-likeness (QED) is 0.636. The first-order valence-corrected chi connectivity index (χ1v) is 7.25. The monoisotopic (exact) mass is 347 g/mol. The van der Waals surface area contributed by atoms with Gasteiger partial charge in [-0.25, -0.2) is 4.98 Å². The van der Waals surface area contributed by atoms with Crippen LogP contribution < -0.4 is 15.5 Å². The molecule has 1 aromatic rings. The molecule has 0 saturated carbocycles. The molecular formula is C13H16F3N5OS. The lowest BCUT2D eigenvalue weighted by Crippen LogP contribution is -2.37. The number of nitrogens with zero attached hydrogens (tertiary/aromatic N) is 3. The van der Waals surface area contributed by atoms with E-state index in [2.05, 4.69) is 27.2 Å². The number of alkyl halides is 3. The molecule has 0 radical (unpaired) electrons. The van der Waals surface area contributed by atoms with Gasteiger partial charge in [-0.2, -0.15) is 18.2 Å². The van der Waals surface area contributed by atoms with E-state index < -0.39 is 11.9 Å². The van der Waals surface area contributed by atoms with E-state index in [0.29, 0.717) is 32.8 Å². The summed E-state index contributed by atoms with van der Waals surface area (Å²) in [4.78, 5) is 9.32. The van der Waals surface area contributed by atoms with Gasteiger partial charge in [0.2, 0.25) is 5.95 Å². The fraction of sp³-hybridized carbons (Fsp3) is 0.462. The van der Waals surface area contributed by atoms with Crippen molar-refractivity contribution in [3.63, 3.8) is 0 Å². The van der Waals surface area contributed by atoms with E-state index in [0.717, 1.165) is 6.07 Å². The molecule has 2 N–H and O–H groups in total. The Labute approximate surface area is 136 Å². The van der Waals surface area contributed by atoms with Crippen LogP contribution in [0.5, 0.6) is 0 Å². The van der Waals surface area contributed by atoms with E-state index in [1.54, 1.807) is 11.0 Å². The van der Waals surface area contributed by atoms with Gasteiger partial charge in [0, 0.05) is 25.7 Å². The van der Waals surface area contributed by atoms with Crippen molar-refractivity contribution in [2.24, 2.45) is 0 Å². The molecule has 0 aromatic carbocycles. The lowest BCUT2D eigenvalue weighted by atomic mass is 10.3. The molecule has 2 heterocycles. The fourth-order valence-electron chi connectivity index (χ4n) is 1.90. The minimum Gasteiger partial charge on any atom is -0.378 e. The zero-order valence-electron chi connectivity index (χ0n) is 12.2. The summed E-state index contributed by atoms with van der Waals surface area (Å²) in [6.07, 6.45) is -3.00. The highest BCUT2D eigenvalue weighted by molar-refractivity contribution is 7.80. The fourth-order valence-corrected chi connectivity index (χ4v) is 2.08. The number of hydrogen-bond acceptors (Lipinski definition) is 5. The lowest BCUT2D eigenvalue weighted by molar-refractivity contribution is -0.141. The highest BCUT2D eigenvalue weighted by Gasteiger charge is 2.34. The molecule has 126 valence electrons. The van der Waals surface area contributed by atoms with Crippen LogP contribution in [0.15, 0.2) is 18.7 Å². The molecule has 1 aliphatic rings. The third kappa shape index (κ3) is 5.03. The molecule has 1 aliphatic heterocycles. The van der Waals surface area contributed by atoms with E-state index in [1.807, 2.05) is 0 Å². The number of rotatable bonds is 4. The van der Waals surface area contributed by atoms with Crippen molar-refractivity contribution in [2.75, 3.05) is 43.1 Å². The predicted octanol–water partition coefficient (Wildman–Crippen LogP) is 1.80. The average Bonchev–Trinajstić information content (AvgIpc) is 2.52. The highest BCUT2D eigenvalue weighted by atomic mass is 32.1.